The number of halogens is 2. The first-order chi connectivity index (χ1) is 11.6. The predicted octanol–water partition coefficient (Wildman–Crippen LogP) is 2.52. The average molecular weight is 403 g/mol. The number of amides is 1. The van der Waals surface area contributed by atoms with Crippen LogP contribution in [-0.4, -0.2) is 53.5 Å². The van der Waals surface area contributed by atoms with Gasteiger partial charge in [-0.2, -0.15) is 0 Å². The number of thiazole rings is 1. The number of piperazine rings is 1. The lowest BCUT2D eigenvalue weighted by Gasteiger charge is -2.34. The van der Waals surface area contributed by atoms with Crippen LogP contribution in [0.1, 0.15) is 4.88 Å². The Kier molecular flexibility index (Phi) is 7.31. The number of carbonyl (C=O) groups excluding carboxylic acids is 1. The van der Waals surface area contributed by atoms with Gasteiger partial charge < -0.3 is 15.4 Å². The first kappa shape index (κ1) is 19.8. The van der Waals surface area contributed by atoms with E-state index in [1.165, 1.54) is 11.3 Å². The molecule has 0 atom stereocenters. The Hall–Kier alpha value is -1.54. The highest BCUT2D eigenvalue weighted by Crippen LogP contribution is 2.18. The van der Waals surface area contributed by atoms with Gasteiger partial charge in [0.05, 0.1) is 0 Å². The maximum atomic E-state index is 12.2. The second kappa shape index (κ2) is 9.24. The third-order valence-corrected chi connectivity index (χ3v) is 4.92. The summed E-state index contributed by atoms with van der Waals surface area (Å²) in [6.07, 6.45) is 1.82. The minimum Gasteiger partial charge on any atom is -0.484 e. The quantitative estimate of drug-likeness (QED) is 0.831. The largest absolute Gasteiger partial charge is 0.484 e. The average Bonchev–Trinajstić information content (AvgIpc) is 2.99. The van der Waals surface area contributed by atoms with E-state index in [0.29, 0.717) is 29.0 Å². The molecule has 9 heteroatoms. The highest BCUT2D eigenvalue weighted by Gasteiger charge is 2.21. The van der Waals surface area contributed by atoms with E-state index >= 15 is 0 Å². The highest BCUT2D eigenvalue weighted by atomic mass is 35.5. The van der Waals surface area contributed by atoms with Crippen LogP contribution >= 0.6 is 35.3 Å². The monoisotopic (exact) mass is 402 g/mol. The zero-order valence-corrected chi connectivity index (χ0v) is 15.9. The van der Waals surface area contributed by atoms with Crippen molar-refractivity contribution in [2.45, 2.75) is 6.54 Å². The van der Waals surface area contributed by atoms with Crippen LogP contribution in [0.3, 0.4) is 0 Å². The maximum absolute atomic E-state index is 12.2. The Morgan fingerprint density at radius 1 is 1.24 bits per heavy atom. The number of nitrogens with two attached hydrogens (primary N) is 1. The molecule has 6 nitrogen and oxygen atoms in total. The van der Waals surface area contributed by atoms with E-state index in [-0.39, 0.29) is 24.9 Å². The van der Waals surface area contributed by atoms with E-state index in [1.807, 2.05) is 11.1 Å². The van der Waals surface area contributed by atoms with Crippen molar-refractivity contribution in [2.75, 3.05) is 38.5 Å². The number of nitrogens with zero attached hydrogens (tertiary/aromatic N) is 3. The molecule has 1 aliphatic rings. The fourth-order valence-corrected chi connectivity index (χ4v) is 3.39. The standard InChI is InChI=1S/C16H19ClN4O2S.ClH/c17-12-1-3-13(4-2-12)23-11-15(22)21-7-5-20(6-8-21)10-14-9-19-16(18)24-14;/h1-4,9H,5-8,10-11H2,(H2,18,19);1H. The van der Waals surface area contributed by atoms with Crippen LogP contribution in [0.4, 0.5) is 5.13 Å². The smallest absolute Gasteiger partial charge is 0.260 e. The Morgan fingerprint density at radius 2 is 1.92 bits per heavy atom. The summed E-state index contributed by atoms with van der Waals surface area (Å²) in [5, 5.41) is 1.24. The topological polar surface area (TPSA) is 71.7 Å². The summed E-state index contributed by atoms with van der Waals surface area (Å²) >= 11 is 7.33. The van der Waals surface area contributed by atoms with Crippen molar-refractivity contribution < 1.29 is 9.53 Å². The summed E-state index contributed by atoms with van der Waals surface area (Å²) in [5.41, 5.74) is 5.65. The molecule has 1 fully saturated rings. The lowest BCUT2D eigenvalue weighted by atomic mass is 10.3. The van der Waals surface area contributed by atoms with Gasteiger partial charge in [-0.25, -0.2) is 4.98 Å². The van der Waals surface area contributed by atoms with Crippen LogP contribution in [0.15, 0.2) is 30.5 Å². The van der Waals surface area contributed by atoms with Crippen LogP contribution in [0, 0.1) is 0 Å². The Balaban J connectivity index is 0.00000225. The second-order valence-corrected chi connectivity index (χ2v) is 7.15. The Bertz CT molecular complexity index is 688. The molecule has 25 heavy (non-hydrogen) atoms. The second-order valence-electron chi connectivity index (χ2n) is 5.56. The Morgan fingerprint density at radius 3 is 2.52 bits per heavy atom. The molecule has 1 amide bonds. The lowest BCUT2D eigenvalue weighted by Crippen LogP contribution is -2.49. The summed E-state index contributed by atoms with van der Waals surface area (Å²) in [7, 11) is 0. The van der Waals surface area contributed by atoms with Crippen LogP contribution in [0.2, 0.25) is 5.02 Å². The summed E-state index contributed by atoms with van der Waals surface area (Å²) in [4.78, 5) is 21.6. The van der Waals surface area contributed by atoms with Gasteiger partial charge in [0.25, 0.3) is 5.91 Å². The molecule has 2 heterocycles. The third-order valence-electron chi connectivity index (χ3n) is 3.85. The maximum Gasteiger partial charge on any atom is 0.260 e. The number of rotatable bonds is 5. The van der Waals surface area contributed by atoms with Crippen LogP contribution < -0.4 is 10.5 Å². The summed E-state index contributed by atoms with van der Waals surface area (Å²) in [6, 6.07) is 7.00. The van der Waals surface area contributed by atoms with Gasteiger partial charge in [0.1, 0.15) is 5.75 Å². The van der Waals surface area contributed by atoms with Gasteiger partial charge in [-0.15, -0.1) is 23.7 Å². The van der Waals surface area contributed by atoms with E-state index in [0.717, 1.165) is 24.5 Å². The minimum absolute atomic E-state index is 0. The SMILES string of the molecule is Cl.Nc1ncc(CN2CCN(C(=O)COc3ccc(Cl)cc3)CC2)s1. The molecule has 0 radical (unpaired) electrons. The molecule has 0 unspecified atom stereocenters. The fourth-order valence-electron chi connectivity index (χ4n) is 2.54. The number of carbonyl (C=O) groups is 1. The van der Waals surface area contributed by atoms with Gasteiger partial charge in [0.15, 0.2) is 11.7 Å². The molecule has 1 aliphatic heterocycles. The van der Waals surface area contributed by atoms with Gasteiger partial charge in [-0.05, 0) is 24.3 Å². The van der Waals surface area contributed by atoms with E-state index in [1.54, 1.807) is 24.3 Å². The molecule has 2 N–H and O–H groups in total. The minimum atomic E-state index is 0. The summed E-state index contributed by atoms with van der Waals surface area (Å²) in [5.74, 6) is 0.654. The first-order valence-corrected chi connectivity index (χ1v) is 8.88. The van der Waals surface area contributed by atoms with Crippen molar-refractivity contribution in [3.05, 3.63) is 40.4 Å². The van der Waals surface area contributed by atoms with Crippen molar-refractivity contribution in [2.24, 2.45) is 0 Å². The molecule has 0 spiro atoms. The number of aromatic nitrogens is 1. The van der Waals surface area contributed by atoms with Crippen LogP contribution in [0.25, 0.3) is 0 Å². The zero-order chi connectivity index (χ0) is 16.9. The molecule has 3 rings (SSSR count). The Labute approximate surface area is 161 Å². The number of hydrogen-bond acceptors (Lipinski definition) is 6. The van der Waals surface area contributed by atoms with Crippen molar-refractivity contribution in [1.29, 1.82) is 0 Å². The van der Waals surface area contributed by atoms with Crippen molar-refractivity contribution in [3.63, 3.8) is 0 Å². The third kappa shape index (κ3) is 5.74. The molecular formula is C16H20Cl2N4O2S. The first-order valence-electron chi connectivity index (χ1n) is 7.69. The van der Waals surface area contributed by atoms with Crippen molar-refractivity contribution in [1.82, 2.24) is 14.8 Å². The fraction of sp³-hybridized carbons (Fsp3) is 0.375. The molecule has 0 aliphatic carbocycles. The molecule has 0 saturated carbocycles. The van der Waals surface area contributed by atoms with Gasteiger partial charge in [-0.1, -0.05) is 11.6 Å². The molecule has 1 saturated heterocycles. The number of ether oxygens (including phenoxy) is 1. The predicted molar refractivity (Wildman–Crippen MR) is 103 cm³/mol. The van der Waals surface area contributed by atoms with Crippen molar-refractivity contribution >= 4 is 46.4 Å². The lowest BCUT2D eigenvalue weighted by molar-refractivity contribution is -0.135. The van der Waals surface area contributed by atoms with E-state index in [4.69, 9.17) is 22.1 Å². The highest BCUT2D eigenvalue weighted by molar-refractivity contribution is 7.15. The number of anilines is 1. The van der Waals surface area contributed by atoms with Crippen LogP contribution in [0.5, 0.6) is 5.75 Å². The molecule has 2 aromatic rings. The number of nitrogen functional groups attached to an aromatic ring is 1. The van der Waals surface area contributed by atoms with Gasteiger partial charge >= 0.3 is 0 Å². The summed E-state index contributed by atoms with van der Waals surface area (Å²) in [6.45, 7) is 3.97. The molecule has 1 aromatic heterocycles. The zero-order valence-electron chi connectivity index (χ0n) is 13.6. The molecule has 0 bridgehead atoms. The molecule has 1 aromatic carbocycles. The van der Waals surface area contributed by atoms with Gasteiger partial charge in [0, 0.05) is 48.8 Å². The summed E-state index contributed by atoms with van der Waals surface area (Å²) < 4.78 is 5.52. The molecule has 136 valence electrons. The number of benzene rings is 1. The normalized spacial score (nSPS) is 14.8. The van der Waals surface area contributed by atoms with Gasteiger partial charge in [0.2, 0.25) is 0 Å². The molecular weight excluding hydrogens is 383 g/mol. The van der Waals surface area contributed by atoms with Crippen molar-refractivity contribution in [3.8, 4) is 5.75 Å². The van der Waals surface area contributed by atoms with E-state index < -0.39 is 0 Å². The van der Waals surface area contributed by atoms with E-state index in [2.05, 4.69) is 9.88 Å². The van der Waals surface area contributed by atoms with Crippen LogP contribution in [-0.2, 0) is 11.3 Å². The van der Waals surface area contributed by atoms with E-state index in [9.17, 15) is 4.79 Å². The number of hydrogen-bond donors (Lipinski definition) is 1. The van der Waals surface area contributed by atoms with Gasteiger partial charge in [-0.3, -0.25) is 9.69 Å².